The van der Waals surface area contributed by atoms with E-state index in [1.807, 2.05) is 19.3 Å². The van der Waals surface area contributed by atoms with Crippen molar-refractivity contribution in [3.05, 3.63) is 24.0 Å². The number of aliphatic hydroxyl groups is 1. The normalized spacial score (nSPS) is 31.6. The Labute approximate surface area is 108 Å². The van der Waals surface area contributed by atoms with Gasteiger partial charge in [0.25, 0.3) is 0 Å². The maximum Gasteiger partial charge on any atom is 0.0570 e. The van der Waals surface area contributed by atoms with Crippen molar-refractivity contribution in [2.24, 2.45) is 0 Å². The van der Waals surface area contributed by atoms with Gasteiger partial charge in [0.2, 0.25) is 0 Å². The van der Waals surface area contributed by atoms with E-state index in [2.05, 4.69) is 21.3 Å². The predicted octanol–water partition coefficient (Wildman–Crippen LogP) is 1.61. The number of fused-ring (bicyclic) bond motifs is 2. The number of aromatic nitrogens is 1. The summed E-state index contributed by atoms with van der Waals surface area (Å²) in [5, 5.41) is 13.0. The van der Waals surface area contributed by atoms with Crippen LogP contribution >= 0.6 is 0 Å². The second kappa shape index (κ2) is 4.86. The molecule has 2 fully saturated rings. The van der Waals surface area contributed by atoms with Gasteiger partial charge in [0.1, 0.15) is 0 Å². The first-order valence-electron chi connectivity index (χ1n) is 6.83. The Morgan fingerprint density at radius 1 is 1.39 bits per heavy atom. The monoisotopic (exact) mass is 247 g/mol. The van der Waals surface area contributed by atoms with E-state index in [-0.39, 0.29) is 6.10 Å². The van der Waals surface area contributed by atoms with Crippen LogP contribution < -0.4 is 5.32 Å². The number of anilines is 1. The van der Waals surface area contributed by atoms with E-state index in [0.29, 0.717) is 12.1 Å². The van der Waals surface area contributed by atoms with Crippen molar-refractivity contribution in [3.8, 4) is 0 Å². The third-order valence-electron chi connectivity index (χ3n) is 4.31. The minimum Gasteiger partial charge on any atom is -0.393 e. The first kappa shape index (κ1) is 11.9. The Morgan fingerprint density at radius 3 is 2.78 bits per heavy atom. The zero-order valence-electron chi connectivity index (χ0n) is 10.8. The quantitative estimate of drug-likeness (QED) is 0.852. The average molecular weight is 247 g/mol. The molecule has 98 valence electrons. The third-order valence-corrected chi connectivity index (χ3v) is 4.31. The van der Waals surface area contributed by atoms with E-state index < -0.39 is 0 Å². The molecule has 2 unspecified atom stereocenters. The van der Waals surface area contributed by atoms with Crippen molar-refractivity contribution in [2.75, 3.05) is 12.4 Å². The van der Waals surface area contributed by atoms with Crippen molar-refractivity contribution in [1.29, 1.82) is 0 Å². The molecule has 2 atom stereocenters. The minimum absolute atomic E-state index is 0.0876. The molecule has 2 saturated heterocycles. The molecule has 0 saturated carbocycles. The Balaban J connectivity index is 1.73. The van der Waals surface area contributed by atoms with Crippen LogP contribution in [0.5, 0.6) is 0 Å². The van der Waals surface area contributed by atoms with Crippen LogP contribution in [0.2, 0.25) is 0 Å². The van der Waals surface area contributed by atoms with Crippen molar-refractivity contribution in [1.82, 2.24) is 9.88 Å². The number of rotatable bonds is 3. The molecule has 0 radical (unpaired) electrons. The van der Waals surface area contributed by atoms with E-state index in [1.54, 1.807) is 0 Å². The highest BCUT2D eigenvalue weighted by molar-refractivity contribution is 5.42. The summed E-state index contributed by atoms with van der Waals surface area (Å²) < 4.78 is 0. The number of hydrogen-bond acceptors (Lipinski definition) is 4. The molecular formula is C14H21N3O. The standard InChI is InChI=1S/C14H21N3O/c1-15-10-4-5-16-11(6-10)9-17-12-2-3-13(17)8-14(18)7-12/h4-6,12-14,18H,2-3,7-9H2,1H3,(H,15,16). The van der Waals surface area contributed by atoms with Gasteiger partial charge in [-0.15, -0.1) is 0 Å². The zero-order chi connectivity index (χ0) is 12.5. The van der Waals surface area contributed by atoms with Gasteiger partial charge in [0, 0.05) is 37.6 Å². The van der Waals surface area contributed by atoms with Crippen LogP contribution in [0.1, 0.15) is 31.4 Å². The van der Waals surface area contributed by atoms with Gasteiger partial charge in [-0.25, -0.2) is 0 Å². The van der Waals surface area contributed by atoms with E-state index in [0.717, 1.165) is 30.8 Å². The fourth-order valence-electron chi connectivity index (χ4n) is 3.41. The van der Waals surface area contributed by atoms with E-state index >= 15 is 0 Å². The van der Waals surface area contributed by atoms with Gasteiger partial charge in [-0.05, 0) is 37.8 Å². The van der Waals surface area contributed by atoms with Gasteiger partial charge in [-0.3, -0.25) is 9.88 Å². The zero-order valence-corrected chi connectivity index (χ0v) is 10.8. The van der Waals surface area contributed by atoms with Crippen molar-refractivity contribution < 1.29 is 5.11 Å². The van der Waals surface area contributed by atoms with Gasteiger partial charge in [0.15, 0.2) is 0 Å². The molecule has 2 bridgehead atoms. The largest absolute Gasteiger partial charge is 0.393 e. The van der Waals surface area contributed by atoms with Gasteiger partial charge < -0.3 is 10.4 Å². The van der Waals surface area contributed by atoms with Gasteiger partial charge in [-0.2, -0.15) is 0 Å². The van der Waals surface area contributed by atoms with Crippen LogP contribution in [0.25, 0.3) is 0 Å². The lowest BCUT2D eigenvalue weighted by Gasteiger charge is -2.36. The SMILES string of the molecule is CNc1ccnc(CN2C3CCC2CC(O)C3)c1. The molecule has 0 aromatic carbocycles. The highest BCUT2D eigenvalue weighted by Gasteiger charge is 2.39. The lowest BCUT2D eigenvalue weighted by atomic mass is 9.99. The maximum atomic E-state index is 9.80. The summed E-state index contributed by atoms with van der Waals surface area (Å²) in [4.78, 5) is 6.99. The molecule has 2 aliphatic heterocycles. The lowest BCUT2D eigenvalue weighted by molar-refractivity contribution is 0.0304. The first-order valence-corrected chi connectivity index (χ1v) is 6.83. The molecule has 18 heavy (non-hydrogen) atoms. The van der Waals surface area contributed by atoms with Crippen LogP contribution in [-0.2, 0) is 6.54 Å². The number of pyridine rings is 1. The summed E-state index contributed by atoms with van der Waals surface area (Å²) >= 11 is 0. The molecule has 4 heteroatoms. The van der Waals surface area contributed by atoms with Crippen LogP contribution in [0, 0.1) is 0 Å². The predicted molar refractivity (Wildman–Crippen MR) is 71.4 cm³/mol. The second-order valence-electron chi connectivity index (χ2n) is 5.47. The third kappa shape index (κ3) is 2.22. The van der Waals surface area contributed by atoms with Gasteiger partial charge in [-0.1, -0.05) is 0 Å². The molecule has 0 aliphatic carbocycles. The fraction of sp³-hybridized carbons (Fsp3) is 0.643. The number of nitrogens with one attached hydrogen (secondary N) is 1. The molecule has 1 aromatic heterocycles. The number of hydrogen-bond donors (Lipinski definition) is 2. The molecule has 0 amide bonds. The second-order valence-corrected chi connectivity index (χ2v) is 5.47. The molecule has 2 aliphatic rings. The molecule has 3 rings (SSSR count). The number of aliphatic hydroxyl groups excluding tert-OH is 1. The van der Waals surface area contributed by atoms with Crippen LogP contribution in [0.3, 0.4) is 0 Å². The first-order chi connectivity index (χ1) is 8.76. The van der Waals surface area contributed by atoms with Crippen LogP contribution in [0.15, 0.2) is 18.3 Å². The summed E-state index contributed by atoms with van der Waals surface area (Å²) in [7, 11) is 1.93. The summed E-state index contributed by atoms with van der Waals surface area (Å²) in [6.45, 7) is 0.914. The molecular weight excluding hydrogens is 226 g/mol. The molecule has 3 heterocycles. The summed E-state index contributed by atoms with van der Waals surface area (Å²) in [6.07, 6.45) is 6.10. The Hall–Kier alpha value is -1.13. The summed E-state index contributed by atoms with van der Waals surface area (Å²) in [5.74, 6) is 0. The maximum absolute atomic E-state index is 9.80. The molecule has 4 nitrogen and oxygen atoms in total. The van der Waals surface area contributed by atoms with Gasteiger partial charge >= 0.3 is 0 Å². The topological polar surface area (TPSA) is 48.4 Å². The Kier molecular flexibility index (Phi) is 3.22. The highest BCUT2D eigenvalue weighted by Crippen LogP contribution is 2.36. The summed E-state index contributed by atoms with van der Waals surface area (Å²) in [5.41, 5.74) is 2.24. The summed E-state index contributed by atoms with van der Waals surface area (Å²) in [6, 6.07) is 5.21. The Morgan fingerprint density at radius 2 is 2.11 bits per heavy atom. The lowest BCUT2D eigenvalue weighted by Crippen LogP contribution is -2.44. The fourth-order valence-corrected chi connectivity index (χ4v) is 3.41. The van der Waals surface area contributed by atoms with E-state index in [4.69, 9.17) is 0 Å². The van der Waals surface area contributed by atoms with Crippen molar-refractivity contribution in [2.45, 2.75) is 50.4 Å². The number of piperidine rings is 1. The van der Waals surface area contributed by atoms with E-state index in [9.17, 15) is 5.11 Å². The highest BCUT2D eigenvalue weighted by atomic mass is 16.3. The van der Waals surface area contributed by atoms with Crippen molar-refractivity contribution in [3.63, 3.8) is 0 Å². The molecule has 0 spiro atoms. The molecule has 2 N–H and O–H groups in total. The Bertz CT molecular complexity index is 409. The molecule has 1 aromatic rings. The van der Waals surface area contributed by atoms with Crippen molar-refractivity contribution >= 4 is 5.69 Å². The average Bonchev–Trinajstić information content (AvgIpc) is 2.62. The van der Waals surface area contributed by atoms with Crippen LogP contribution in [-0.4, -0.2) is 40.2 Å². The van der Waals surface area contributed by atoms with Crippen LogP contribution in [0.4, 0.5) is 5.69 Å². The van der Waals surface area contributed by atoms with E-state index in [1.165, 1.54) is 12.8 Å². The smallest absolute Gasteiger partial charge is 0.0570 e. The van der Waals surface area contributed by atoms with Gasteiger partial charge in [0.05, 0.1) is 11.8 Å². The minimum atomic E-state index is -0.0876. The number of nitrogens with zero attached hydrogens (tertiary/aromatic N) is 2.